The van der Waals surface area contributed by atoms with E-state index in [2.05, 4.69) is 5.32 Å². The van der Waals surface area contributed by atoms with Crippen molar-refractivity contribution in [2.75, 3.05) is 11.1 Å². The van der Waals surface area contributed by atoms with E-state index in [1.165, 1.54) is 6.26 Å². The van der Waals surface area contributed by atoms with Gasteiger partial charge in [0.05, 0.1) is 34.0 Å². The van der Waals surface area contributed by atoms with Crippen LogP contribution in [0.1, 0.15) is 25.0 Å². The Balaban J connectivity index is 0.00000320. The Hall–Kier alpha value is -0.930. The van der Waals surface area contributed by atoms with Crippen molar-refractivity contribution in [1.29, 1.82) is 0 Å². The van der Waals surface area contributed by atoms with Crippen LogP contribution in [0, 0.1) is 5.92 Å². The van der Waals surface area contributed by atoms with Gasteiger partial charge in [0.15, 0.2) is 9.84 Å². The summed E-state index contributed by atoms with van der Waals surface area (Å²) in [5.74, 6) is -0.0270. The molecular weight excluding hydrogens is 467 g/mol. The molecule has 2 aromatic rings. The first-order valence-electron chi connectivity index (χ1n) is 8.54. The molecule has 0 atom stereocenters. The Kier molecular flexibility index (Phi) is 7.84. The number of sulfonamides is 1. The summed E-state index contributed by atoms with van der Waals surface area (Å²) in [5, 5.41) is 7.74. The molecule has 1 saturated carbocycles. The Morgan fingerprint density at radius 3 is 2.20 bits per heavy atom. The van der Waals surface area contributed by atoms with Gasteiger partial charge in [-0.3, -0.25) is 0 Å². The van der Waals surface area contributed by atoms with Crippen LogP contribution >= 0.6 is 0 Å². The van der Waals surface area contributed by atoms with Crippen LogP contribution in [0.2, 0.25) is 0 Å². The Morgan fingerprint density at radius 1 is 1.07 bits per heavy atom. The van der Waals surface area contributed by atoms with Crippen LogP contribution in [0.25, 0.3) is 0 Å². The average molecular weight is 487 g/mol. The SMILES string of the molecule is NS(=O)(=O)c1cc(S(=O)(=O)[O-])c(NCc2ccco2)cc1S(=O)(=O)CC1CCC1.[Na+]. The molecule has 0 amide bonds. The Bertz CT molecular complexity index is 1220. The van der Waals surface area contributed by atoms with Crippen molar-refractivity contribution in [3.63, 3.8) is 0 Å². The van der Waals surface area contributed by atoms with Crippen molar-refractivity contribution in [1.82, 2.24) is 0 Å². The van der Waals surface area contributed by atoms with Gasteiger partial charge in [-0.05, 0) is 43.0 Å². The van der Waals surface area contributed by atoms with Gasteiger partial charge in [0.25, 0.3) is 0 Å². The van der Waals surface area contributed by atoms with Crippen LogP contribution in [0.5, 0.6) is 0 Å². The number of rotatable bonds is 8. The van der Waals surface area contributed by atoms with E-state index in [4.69, 9.17) is 9.56 Å². The number of nitrogens with two attached hydrogens (primary N) is 1. The van der Waals surface area contributed by atoms with Crippen LogP contribution in [0.4, 0.5) is 5.69 Å². The Labute approximate surface area is 197 Å². The summed E-state index contributed by atoms with van der Waals surface area (Å²) in [6.07, 6.45) is 3.65. The second-order valence-electron chi connectivity index (χ2n) is 6.81. The molecule has 1 aromatic heterocycles. The third kappa shape index (κ3) is 5.85. The smallest absolute Gasteiger partial charge is 0.744 e. The van der Waals surface area contributed by atoms with Crippen molar-refractivity contribution < 1.29 is 63.8 Å². The minimum absolute atomic E-state index is 0. The first kappa shape index (κ1) is 25.3. The normalized spacial score (nSPS) is 15.3. The van der Waals surface area contributed by atoms with E-state index in [1.54, 1.807) is 12.1 Å². The number of hydrogen-bond donors (Lipinski definition) is 2. The number of sulfone groups is 1. The van der Waals surface area contributed by atoms with Gasteiger partial charge in [-0.1, -0.05) is 6.42 Å². The van der Waals surface area contributed by atoms with Gasteiger partial charge >= 0.3 is 29.6 Å². The summed E-state index contributed by atoms with van der Waals surface area (Å²) in [4.78, 5) is -2.48. The fraction of sp³-hybridized carbons (Fsp3) is 0.375. The Morgan fingerprint density at radius 2 is 1.73 bits per heavy atom. The zero-order chi connectivity index (χ0) is 21.4. The first-order valence-corrected chi connectivity index (χ1v) is 13.1. The second-order valence-corrected chi connectivity index (χ2v) is 11.7. The third-order valence-corrected chi connectivity index (χ3v) is 8.54. The molecular formula is C16H19N2NaO8S3. The third-order valence-electron chi connectivity index (χ3n) is 4.67. The summed E-state index contributed by atoms with van der Waals surface area (Å²) >= 11 is 0. The topological polar surface area (TPSA) is 177 Å². The van der Waals surface area contributed by atoms with Crippen molar-refractivity contribution >= 4 is 35.7 Å². The predicted octanol–water partition coefficient (Wildman–Crippen LogP) is -1.98. The molecule has 14 heteroatoms. The van der Waals surface area contributed by atoms with Gasteiger partial charge < -0.3 is 14.3 Å². The molecule has 1 aliphatic rings. The summed E-state index contributed by atoms with van der Waals surface area (Å²) in [6.45, 7) is -0.0631. The van der Waals surface area contributed by atoms with Crippen molar-refractivity contribution in [3.8, 4) is 0 Å². The quantitative estimate of drug-likeness (QED) is 0.316. The van der Waals surface area contributed by atoms with Gasteiger partial charge in [-0.25, -0.2) is 30.4 Å². The molecule has 0 unspecified atom stereocenters. The molecule has 1 aliphatic carbocycles. The fourth-order valence-corrected chi connectivity index (χ4v) is 6.89. The van der Waals surface area contributed by atoms with Crippen molar-refractivity contribution in [3.05, 3.63) is 36.3 Å². The van der Waals surface area contributed by atoms with Gasteiger partial charge in [-0.2, -0.15) is 0 Å². The second kappa shape index (κ2) is 9.28. The predicted molar refractivity (Wildman–Crippen MR) is 101 cm³/mol. The molecule has 0 radical (unpaired) electrons. The zero-order valence-corrected chi connectivity index (χ0v) is 20.5. The maximum absolute atomic E-state index is 12.9. The molecule has 30 heavy (non-hydrogen) atoms. The van der Waals surface area contributed by atoms with Crippen molar-refractivity contribution in [2.24, 2.45) is 11.1 Å². The summed E-state index contributed by atoms with van der Waals surface area (Å²) in [5.41, 5.74) is -0.351. The van der Waals surface area contributed by atoms with Crippen LogP contribution in [0.3, 0.4) is 0 Å². The molecule has 1 aromatic carbocycles. The largest absolute Gasteiger partial charge is 1.00 e. The molecule has 1 fully saturated rings. The molecule has 1 heterocycles. The van der Waals surface area contributed by atoms with Crippen molar-refractivity contribution in [2.45, 2.75) is 40.5 Å². The first-order chi connectivity index (χ1) is 13.4. The van der Waals surface area contributed by atoms with E-state index in [9.17, 15) is 29.8 Å². The molecule has 160 valence electrons. The van der Waals surface area contributed by atoms with Gasteiger partial charge in [0.2, 0.25) is 10.0 Å². The maximum Gasteiger partial charge on any atom is 1.00 e. The van der Waals surface area contributed by atoms with E-state index in [1.807, 2.05) is 0 Å². The number of hydrogen-bond acceptors (Lipinski definition) is 9. The molecule has 0 aliphatic heterocycles. The van der Waals surface area contributed by atoms with E-state index < -0.39 is 44.7 Å². The molecule has 0 bridgehead atoms. The minimum Gasteiger partial charge on any atom is -0.744 e. The average Bonchev–Trinajstić information content (AvgIpc) is 3.07. The maximum atomic E-state index is 12.9. The summed E-state index contributed by atoms with van der Waals surface area (Å²) in [6, 6.07) is 4.49. The van der Waals surface area contributed by atoms with Gasteiger partial charge in [0, 0.05) is 0 Å². The molecule has 10 nitrogen and oxygen atoms in total. The molecule has 3 rings (SSSR count). The minimum atomic E-state index is -5.14. The van der Waals surface area contributed by atoms with E-state index >= 15 is 0 Å². The number of benzene rings is 1. The van der Waals surface area contributed by atoms with Crippen LogP contribution in [-0.2, 0) is 36.5 Å². The summed E-state index contributed by atoms with van der Waals surface area (Å²) in [7, 11) is -13.9. The molecule has 3 N–H and O–H groups in total. The van der Waals surface area contributed by atoms with Gasteiger partial charge in [-0.15, -0.1) is 0 Å². The van der Waals surface area contributed by atoms with Crippen LogP contribution in [0.15, 0.2) is 49.6 Å². The van der Waals surface area contributed by atoms with E-state index in [0.717, 1.165) is 12.5 Å². The van der Waals surface area contributed by atoms with Gasteiger partial charge in [0.1, 0.15) is 20.8 Å². The van der Waals surface area contributed by atoms with Crippen LogP contribution < -0.4 is 40.0 Å². The number of anilines is 1. The summed E-state index contributed by atoms with van der Waals surface area (Å²) < 4.78 is 89.8. The number of nitrogens with one attached hydrogen (secondary N) is 1. The van der Waals surface area contributed by atoms with E-state index in [-0.39, 0.29) is 53.5 Å². The molecule has 0 spiro atoms. The number of furan rings is 1. The van der Waals surface area contributed by atoms with E-state index in [0.29, 0.717) is 24.7 Å². The molecule has 0 saturated heterocycles. The number of primary sulfonamides is 1. The standard InChI is InChI=1S/C16H20N2O8S3.Na/c17-28(21,22)16-8-14(29(23,24)25)13(18-9-12-5-2-6-26-12)7-15(16)27(19,20)10-11-3-1-4-11;/h2,5-8,11,18H,1,3-4,9-10H2,(H2,17,21,22)(H,23,24,25);/q;+1/p-1. The fourth-order valence-electron chi connectivity index (χ4n) is 3.01. The van der Waals surface area contributed by atoms with Crippen LogP contribution in [-0.4, -0.2) is 35.6 Å². The zero-order valence-electron chi connectivity index (χ0n) is 16.1. The monoisotopic (exact) mass is 486 g/mol.